The summed E-state index contributed by atoms with van der Waals surface area (Å²) in [5.41, 5.74) is 6.18. The van der Waals surface area contributed by atoms with Crippen molar-refractivity contribution in [3.63, 3.8) is 0 Å². The Morgan fingerprint density at radius 2 is 1.93 bits per heavy atom. The first-order chi connectivity index (χ1) is 13.5. The molecule has 2 aliphatic rings. The number of hydrogen-bond acceptors (Lipinski definition) is 3. The predicted molar refractivity (Wildman–Crippen MR) is 113 cm³/mol. The average Bonchev–Trinajstić information content (AvgIpc) is 2.99. The van der Waals surface area contributed by atoms with E-state index < -0.39 is 0 Å². The van der Waals surface area contributed by atoms with Crippen molar-refractivity contribution in [2.45, 2.75) is 32.2 Å². The molecule has 1 amide bonds. The Kier molecular flexibility index (Phi) is 3.98. The van der Waals surface area contributed by atoms with Gasteiger partial charge >= 0.3 is 0 Å². The summed E-state index contributed by atoms with van der Waals surface area (Å²) in [4.78, 5) is 23.0. The third kappa shape index (κ3) is 2.63. The molecule has 1 saturated heterocycles. The van der Waals surface area contributed by atoms with Gasteiger partial charge in [0, 0.05) is 35.3 Å². The van der Waals surface area contributed by atoms with Crippen LogP contribution in [0.1, 0.15) is 39.5 Å². The standard InChI is InChI=1S/C24H25N3O/c1-15-8-9-22-18(12-15)20-14-26(3)11-10-23(20)27(22)24(28)19-13-16(2)25-21-7-5-4-6-17(19)21/h4-9,12-13,20,23H,10-11,14H2,1-3H3/t20-,23+/m1/s1. The van der Waals surface area contributed by atoms with Gasteiger partial charge in [-0.2, -0.15) is 0 Å². The highest BCUT2D eigenvalue weighted by molar-refractivity contribution is 6.15. The number of nitrogens with zero attached hydrogens (tertiary/aromatic N) is 3. The number of fused-ring (bicyclic) bond motifs is 4. The van der Waals surface area contributed by atoms with Crippen molar-refractivity contribution in [3.05, 3.63) is 70.9 Å². The van der Waals surface area contributed by atoms with E-state index in [2.05, 4.69) is 47.0 Å². The first-order valence-corrected chi connectivity index (χ1v) is 10.0. The molecular formula is C24H25N3O. The molecule has 0 N–H and O–H groups in total. The minimum Gasteiger partial charge on any atom is -0.306 e. The molecule has 0 bridgehead atoms. The normalized spacial score (nSPS) is 21.6. The predicted octanol–water partition coefficient (Wildman–Crippen LogP) is 4.30. The summed E-state index contributed by atoms with van der Waals surface area (Å²) in [6.07, 6.45) is 1.00. The summed E-state index contributed by atoms with van der Waals surface area (Å²) in [5, 5.41) is 0.933. The molecule has 0 aliphatic carbocycles. The number of hydrogen-bond donors (Lipinski definition) is 0. The van der Waals surface area contributed by atoms with E-state index in [9.17, 15) is 4.79 Å². The number of anilines is 1. The Labute approximate surface area is 165 Å². The van der Waals surface area contributed by atoms with Gasteiger partial charge in [-0.25, -0.2) is 0 Å². The average molecular weight is 371 g/mol. The Morgan fingerprint density at radius 1 is 1.11 bits per heavy atom. The maximum absolute atomic E-state index is 13.9. The van der Waals surface area contributed by atoms with Gasteiger partial charge in [-0.3, -0.25) is 9.78 Å². The lowest BCUT2D eigenvalue weighted by Crippen LogP contribution is -2.47. The van der Waals surface area contributed by atoms with Gasteiger partial charge in [0.05, 0.1) is 11.1 Å². The second-order valence-corrected chi connectivity index (χ2v) is 8.29. The van der Waals surface area contributed by atoms with Crippen LogP contribution in [0.15, 0.2) is 48.5 Å². The van der Waals surface area contributed by atoms with Crippen molar-refractivity contribution < 1.29 is 4.79 Å². The number of likely N-dealkylation sites (tertiary alicyclic amines) is 1. The fourth-order valence-electron chi connectivity index (χ4n) is 4.96. The summed E-state index contributed by atoms with van der Waals surface area (Å²) in [7, 11) is 2.18. The summed E-state index contributed by atoms with van der Waals surface area (Å²) in [6, 6.07) is 16.7. The number of para-hydroxylation sites is 1. The zero-order chi connectivity index (χ0) is 19.4. The fourth-order valence-corrected chi connectivity index (χ4v) is 4.96. The van der Waals surface area contributed by atoms with Crippen LogP contribution in [0, 0.1) is 13.8 Å². The van der Waals surface area contributed by atoms with Crippen LogP contribution in [-0.4, -0.2) is 42.0 Å². The maximum atomic E-state index is 13.9. The molecule has 1 fully saturated rings. The van der Waals surface area contributed by atoms with E-state index in [1.54, 1.807) is 0 Å². The number of aromatic nitrogens is 1. The van der Waals surface area contributed by atoms with Gasteiger partial charge in [-0.1, -0.05) is 35.9 Å². The second kappa shape index (κ2) is 6.42. The number of rotatable bonds is 1. The number of carbonyl (C=O) groups excluding carboxylic acids is 1. The molecule has 4 nitrogen and oxygen atoms in total. The van der Waals surface area contributed by atoms with Gasteiger partial charge in [0.1, 0.15) is 0 Å². The first-order valence-electron chi connectivity index (χ1n) is 10.0. The molecule has 1 aromatic heterocycles. The molecular weight excluding hydrogens is 346 g/mol. The minimum atomic E-state index is 0.101. The van der Waals surface area contributed by atoms with E-state index in [1.165, 1.54) is 11.1 Å². The monoisotopic (exact) mass is 371 g/mol. The molecule has 3 heterocycles. The smallest absolute Gasteiger partial charge is 0.259 e. The third-order valence-corrected chi connectivity index (χ3v) is 6.25. The van der Waals surface area contributed by atoms with Crippen molar-refractivity contribution in [2.24, 2.45) is 0 Å². The van der Waals surface area contributed by atoms with Crippen molar-refractivity contribution in [1.82, 2.24) is 9.88 Å². The summed E-state index contributed by atoms with van der Waals surface area (Å²) < 4.78 is 0. The fraction of sp³-hybridized carbons (Fsp3) is 0.333. The van der Waals surface area contributed by atoms with Crippen LogP contribution in [-0.2, 0) is 0 Å². The van der Waals surface area contributed by atoms with Gasteiger partial charge < -0.3 is 9.80 Å². The number of amides is 1. The molecule has 142 valence electrons. The van der Waals surface area contributed by atoms with E-state index in [-0.39, 0.29) is 11.9 Å². The first kappa shape index (κ1) is 17.4. The Bertz CT molecular complexity index is 1090. The molecule has 4 heteroatoms. The Morgan fingerprint density at radius 3 is 2.79 bits per heavy atom. The molecule has 0 unspecified atom stereocenters. The highest BCUT2D eigenvalue weighted by Gasteiger charge is 2.44. The molecule has 0 spiro atoms. The van der Waals surface area contributed by atoms with Crippen LogP contribution in [0.4, 0.5) is 5.69 Å². The van der Waals surface area contributed by atoms with Gasteiger partial charge in [0.25, 0.3) is 5.91 Å². The van der Waals surface area contributed by atoms with Crippen LogP contribution < -0.4 is 4.90 Å². The van der Waals surface area contributed by atoms with Crippen LogP contribution in [0.25, 0.3) is 10.9 Å². The lowest BCUT2D eigenvalue weighted by Gasteiger charge is -2.36. The molecule has 0 radical (unpaired) electrons. The number of aryl methyl sites for hydroxylation is 2. The largest absolute Gasteiger partial charge is 0.306 e. The number of piperidine rings is 1. The van der Waals surface area contributed by atoms with Crippen LogP contribution in [0.2, 0.25) is 0 Å². The van der Waals surface area contributed by atoms with Gasteiger partial charge in [0.2, 0.25) is 0 Å². The van der Waals surface area contributed by atoms with E-state index in [4.69, 9.17) is 0 Å². The summed E-state index contributed by atoms with van der Waals surface area (Å²) >= 11 is 0. The molecule has 0 saturated carbocycles. The number of benzene rings is 2. The highest BCUT2D eigenvalue weighted by Crippen LogP contribution is 2.45. The van der Waals surface area contributed by atoms with Crippen molar-refractivity contribution >= 4 is 22.5 Å². The number of pyridine rings is 1. The topological polar surface area (TPSA) is 36.4 Å². The molecule has 2 aromatic carbocycles. The van der Waals surface area contributed by atoms with Crippen LogP contribution in [0.5, 0.6) is 0 Å². The molecule has 3 aromatic rings. The quantitative estimate of drug-likeness (QED) is 0.640. The summed E-state index contributed by atoms with van der Waals surface area (Å²) in [6.45, 7) is 6.12. The van der Waals surface area contributed by atoms with E-state index >= 15 is 0 Å². The van der Waals surface area contributed by atoms with Gasteiger partial charge in [0.15, 0.2) is 0 Å². The second-order valence-electron chi connectivity index (χ2n) is 8.29. The maximum Gasteiger partial charge on any atom is 0.259 e. The van der Waals surface area contributed by atoms with E-state index in [1.807, 2.05) is 37.3 Å². The number of likely N-dealkylation sites (N-methyl/N-ethyl adjacent to an activating group) is 1. The lowest BCUT2D eigenvalue weighted by atomic mass is 9.88. The Balaban J connectivity index is 1.66. The molecule has 2 aliphatic heterocycles. The SMILES string of the molecule is Cc1ccc2c(c1)[C@H]1CN(C)CC[C@@H]1N2C(=O)c1cc(C)nc2ccccc12. The molecule has 28 heavy (non-hydrogen) atoms. The van der Waals surface area contributed by atoms with E-state index in [0.29, 0.717) is 5.92 Å². The number of carbonyl (C=O) groups is 1. The minimum absolute atomic E-state index is 0.101. The van der Waals surface area contributed by atoms with Crippen molar-refractivity contribution in [1.29, 1.82) is 0 Å². The molecule has 5 rings (SSSR count). The van der Waals surface area contributed by atoms with Crippen molar-refractivity contribution in [3.8, 4) is 0 Å². The van der Waals surface area contributed by atoms with Gasteiger partial charge in [-0.15, -0.1) is 0 Å². The van der Waals surface area contributed by atoms with Gasteiger partial charge in [-0.05, 0) is 57.6 Å². The Hall–Kier alpha value is -2.72. The van der Waals surface area contributed by atoms with Crippen molar-refractivity contribution in [2.75, 3.05) is 25.0 Å². The highest BCUT2D eigenvalue weighted by atomic mass is 16.2. The summed E-state index contributed by atoms with van der Waals surface area (Å²) in [5.74, 6) is 0.482. The van der Waals surface area contributed by atoms with E-state index in [0.717, 1.165) is 47.4 Å². The zero-order valence-corrected chi connectivity index (χ0v) is 16.6. The van der Waals surface area contributed by atoms with Crippen LogP contribution in [0.3, 0.4) is 0 Å². The molecule has 2 atom stereocenters. The third-order valence-electron chi connectivity index (χ3n) is 6.25. The lowest BCUT2D eigenvalue weighted by molar-refractivity contribution is 0.0966. The van der Waals surface area contributed by atoms with Crippen LogP contribution >= 0.6 is 0 Å². The zero-order valence-electron chi connectivity index (χ0n) is 16.6.